The predicted molar refractivity (Wildman–Crippen MR) is 107 cm³/mol. The van der Waals surface area contributed by atoms with Crippen LogP contribution in [0.4, 0.5) is 0 Å². The highest BCUT2D eigenvalue weighted by molar-refractivity contribution is 8.21. The lowest BCUT2D eigenvalue weighted by Crippen LogP contribution is -2.61. The lowest BCUT2D eigenvalue weighted by molar-refractivity contribution is -0.425. The summed E-state index contributed by atoms with van der Waals surface area (Å²) in [6.07, 6.45) is 4.72. The molecule has 0 atom stereocenters. The molecule has 0 spiro atoms. The van der Waals surface area contributed by atoms with E-state index in [4.69, 9.17) is 17.2 Å². The van der Waals surface area contributed by atoms with Crippen molar-refractivity contribution >= 4 is 34.6 Å². The van der Waals surface area contributed by atoms with Crippen molar-refractivity contribution < 1.29 is 5.73 Å². The molecule has 24 heavy (non-hydrogen) atoms. The molecule has 126 valence electrons. The third-order valence-electron chi connectivity index (χ3n) is 4.12. The number of rotatable bonds is 3. The van der Waals surface area contributed by atoms with Crippen LogP contribution in [0.3, 0.4) is 0 Å². The first-order valence-corrected chi connectivity index (χ1v) is 11.1. The highest BCUT2D eigenvalue weighted by Crippen LogP contribution is 2.44. The third-order valence-corrected chi connectivity index (χ3v) is 8.00. The number of benzene rings is 2. The molecule has 0 aliphatic heterocycles. The average molecular weight is 357 g/mol. The van der Waals surface area contributed by atoms with E-state index in [2.05, 4.69) is 10.5 Å². The summed E-state index contributed by atoms with van der Waals surface area (Å²) in [6.45, 7) is 0. The first kappa shape index (κ1) is 18.8. The van der Waals surface area contributed by atoms with Crippen LogP contribution in [0.2, 0.25) is 0 Å². The minimum Gasteiger partial charge on any atom is -0.422 e. The fourth-order valence-corrected chi connectivity index (χ4v) is 5.42. The molecule has 0 amide bonds. The Kier molecular flexibility index (Phi) is 7.55. The van der Waals surface area contributed by atoms with E-state index in [1.54, 1.807) is 0 Å². The summed E-state index contributed by atoms with van der Waals surface area (Å²) in [5.74, 6) is 0. The van der Waals surface area contributed by atoms with Gasteiger partial charge in [0.05, 0.1) is 6.04 Å². The zero-order valence-electron chi connectivity index (χ0n) is 13.8. The SMILES string of the molecule is [N-]=C=NP(=S)(c1ccccc1)c1ccccc1.[NH3+]C1CCCCC1. The molecule has 0 saturated heterocycles. The maximum Gasteiger partial charge on any atom is 0.0843 e. The lowest BCUT2D eigenvalue weighted by atomic mass is 9.97. The summed E-state index contributed by atoms with van der Waals surface area (Å²) in [5.41, 5.74) is 4.00. The van der Waals surface area contributed by atoms with Crippen molar-refractivity contribution in [3.8, 4) is 0 Å². The van der Waals surface area contributed by atoms with Gasteiger partial charge in [0.15, 0.2) is 0 Å². The van der Waals surface area contributed by atoms with E-state index in [9.17, 15) is 0 Å². The van der Waals surface area contributed by atoms with E-state index in [0.717, 1.165) is 16.7 Å². The Hall–Kier alpha value is -1.57. The van der Waals surface area contributed by atoms with Gasteiger partial charge in [-0.25, -0.2) is 0 Å². The second kappa shape index (κ2) is 9.66. The highest BCUT2D eigenvalue weighted by atomic mass is 32.4. The summed E-state index contributed by atoms with van der Waals surface area (Å²) in [5, 5.41) is 10.8. The molecular weight excluding hydrogens is 333 g/mol. The molecule has 0 aromatic heterocycles. The van der Waals surface area contributed by atoms with Gasteiger partial charge in [0.25, 0.3) is 0 Å². The molecule has 0 unspecified atom stereocenters. The summed E-state index contributed by atoms with van der Waals surface area (Å²) in [4.78, 5) is 0. The van der Waals surface area contributed by atoms with Gasteiger partial charge < -0.3 is 15.9 Å². The molecule has 0 bridgehead atoms. The van der Waals surface area contributed by atoms with E-state index in [1.165, 1.54) is 32.1 Å². The van der Waals surface area contributed by atoms with E-state index in [-0.39, 0.29) is 0 Å². The van der Waals surface area contributed by atoms with Gasteiger partial charge in [-0.05, 0) is 36.3 Å². The van der Waals surface area contributed by atoms with Gasteiger partial charge in [-0.3, -0.25) is 0 Å². The van der Waals surface area contributed by atoms with Crippen LogP contribution in [0.5, 0.6) is 0 Å². The van der Waals surface area contributed by atoms with Crippen LogP contribution in [0.25, 0.3) is 5.41 Å². The van der Waals surface area contributed by atoms with Crippen molar-refractivity contribution in [3.63, 3.8) is 0 Å². The van der Waals surface area contributed by atoms with E-state index < -0.39 is 6.19 Å². The molecular formula is C19H24N3PS. The van der Waals surface area contributed by atoms with Crippen molar-refractivity contribution in [1.29, 1.82) is 0 Å². The summed E-state index contributed by atoms with van der Waals surface area (Å²) >= 11 is 5.66. The molecule has 2 aromatic carbocycles. The second-order valence-electron chi connectivity index (χ2n) is 5.95. The third kappa shape index (κ3) is 5.22. The standard InChI is InChI=1S/C13H10N2PS.C6H13N/c14-11-15-16(17,12-7-3-1-4-8-12)13-9-5-2-6-10-13;7-6-4-2-1-3-5-6/h1-10H;6H,1-5,7H2/q-1;/p+1. The molecule has 3 nitrogen and oxygen atoms in total. The van der Waals surface area contributed by atoms with Gasteiger partial charge in [0.1, 0.15) is 0 Å². The summed E-state index contributed by atoms with van der Waals surface area (Å²) < 4.78 is 4.03. The van der Waals surface area contributed by atoms with E-state index in [0.29, 0.717) is 0 Å². The normalized spacial score (nSPS) is 14.9. The highest BCUT2D eigenvalue weighted by Gasteiger charge is 2.14. The van der Waals surface area contributed by atoms with Crippen LogP contribution < -0.4 is 16.3 Å². The topological polar surface area (TPSA) is 62.3 Å². The number of hydrogen-bond donors (Lipinski definition) is 1. The van der Waals surface area contributed by atoms with Gasteiger partial charge in [0, 0.05) is 6.19 Å². The van der Waals surface area contributed by atoms with Crippen molar-refractivity contribution in [2.24, 2.45) is 4.76 Å². The quantitative estimate of drug-likeness (QED) is 0.665. The Labute approximate surface area is 149 Å². The fraction of sp³-hybridized carbons (Fsp3) is 0.316. The van der Waals surface area contributed by atoms with E-state index >= 15 is 0 Å². The first-order valence-electron chi connectivity index (χ1n) is 8.32. The molecule has 1 fully saturated rings. The van der Waals surface area contributed by atoms with Gasteiger partial charge >= 0.3 is 0 Å². The maximum absolute atomic E-state index is 8.87. The minimum absolute atomic E-state index is 0.786. The molecule has 1 aliphatic carbocycles. The van der Waals surface area contributed by atoms with Crippen LogP contribution in [-0.2, 0) is 11.8 Å². The van der Waals surface area contributed by atoms with Crippen molar-refractivity contribution in [2.45, 2.75) is 38.1 Å². The molecule has 2 aromatic rings. The monoisotopic (exact) mass is 357 g/mol. The average Bonchev–Trinajstić information content (AvgIpc) is 2.64. The Morgan fingerprint density at radius 1 is 0.917 bits per heavy atom. The first-order chi connectivity index (χ1) is 11.7. The lowest BCUT2D eigenvalue weighted by Gasteiger charge is -2.23. The van der Waals surface area contributed by atoms with Crippen LogP contribution in [0.15, 0.2) is 65.4 Å². The molecule has 5 heteroatoms. The van der Waals surface area contributed by atoms with Gasteiger partial charge in [-0.2, -0.15) is 0 Å². The van der Waals surface area contributed by atoms with Crippen LogP contribution in [0, 0.1) is 0 Å². The van der Waals surface area contributed by atoms with Crippen LogP contribution >= 0.6 is 6.19 Å². The Morgan fingerprint density at radius 3 is 1.71 bits per heavy atom. The fourth-order valence-electron chi connectivity index (χ4n) is 2.77. The van der Waals surface area contributed by atoms with Crippen molar-refractivity contribution in [2.75, 3.05) is 0 Å². The number of hydrogen-bond acceptors (Lipinski definition) is 1. The Morgan fingerprint density at radius 2 is 1.38 bits per heavy atom. The van der Waals surface area contributed by atoms with Crippen LogP contribution in [-0.4, -0.2) is 12.1 Å². The number of quaternary nitrogens is 1. The molecule has 3 rings (SSSR count). The molecule has 0 radical (unpaired) electrons. The zero-order chi connectivity index (χ0) is 17.3. The van der Waals surface area contributed by atoms with Crippen molar-refractivity contribution in [1.82, 2.24) is 0 Å². The van der Waals surface area contributed by atoms with Gasteiger partial charge in [-0.1, -0.05) is 78.9 Å². The maximum atomic E-state index is 8.87. The predicted octanol–water partition coefficient (Wildman–Crippen LogP) is 3.34. The zero-order valence-corrected chi connectivity index (χ0v) is 15.6. The number of nitrogens with zero attached hydrogens (tertiary/aromatic N) is 2. The van der Waals surface area contributed by atoms with Crippen molar-refractivity contribution in [3.05, 3.63) is 66.1 Å². The largest absolute Gasteiger partial charge is 0.422 e. The van der Waals surface area contributed by atoms with Gasteiger partial charge in [0.2, 0.25) is 0 Å². The second-order valence-corrected chi connectivity index (χ2v) is 9.92. The molecule has 0 heterocycles. The Balaban J connectivity index is 0.000000249. The summed E-state index contributed by atoms with van der Waals surface area (Å²) in [7, 11) is 0. The minimum atomic E-state index is -2.33. The molecule has 3 N–H and O–H groups in total. The van der Waals surface area contributed by atoms with Crippen LogP contribution in [0.1, 0.15) is 32.1 Å². The van der Waals surface area contributed by atoms with Gasteiger partial charge in [-0.15, -0.1) is 6.01 Å². The molecule has 1 saturated carbocycles. The molecule has 1 aliphatic rings. The smallest absolute Gasteiger partial charge is 0.0843 e. The Bertz CT molecular complexity index is 662. The van der Waals surface area contributed by atoms with E-state index in [1.807, 2.05) is 66.7 Å². The summed E-state index contributed by atoms with van der Waals surface area (Å²) in [6, 6.07) is 22.0.